The Kier molecular flexibility index (Phi) is 2.92. The van der Waals surface area contributed by atoms with Crippen LogP contribution >= 0.6 is 0 Å². The van der Waals surface area contributed by atoms with Gasteiger partial charge in [-0.1, -0.05) is 12.1 Å². The van der Waals surface area contributed by atoms with Gasteiger partial charge in [-0.05, 0) is 24.6 Å². The smallest absolute Gasteiger partial charge is 0.317 e. The van der Waals surface area contributed by atoms with Gasteiger partial charge in [0.2, 0.25) is 0 Å². The fourth-order valence-corrected chi connectivity index (χ4v) is 1.94. The summed E-state index contributed by atoms with van der Waals surface area (Å²) >= 11 is 0. The average Bonchev–Trinajstić information content (AvgIpc) is 2.69. The van der Waals surface area contributed by atoms with E-state index >= 15 is 0 Å². The predicted molar refractivity (Wildman–Crippen MR) is 59.4 cm³/mol. The van der Waals surface area contributed by atoms with E-state index < -0.39 is 17.7 Å². The van der Waals surface area contributed by atoms with E-state index in [4.69, 9.17) is 10.00 Å². The Morgan fingerprint density at radius 3 is 3.00 bits per heavy atom. The molecule has 0 fully saturated rings. The monoisotopic (exact) mass is 231 g/mol. The zero-order valence-corrected chi connectivity index (χ0v) is 9.24. The minimum Gasteiger partial charge on any atom is -0.465 e. The number of carbonyl (C=O) groups is 1. The normalized spacial score (nSPS) is 17.0. The molecule has 0 heterocycles. The molecule has 0 saturated heterocycles. The van der Waals surface area contributed by atoms with E-state index in [-0.39, 0.29) is 17.7 Å². The van der Waals surface area contributed by atoms with Crippen LogP contribution in [-0.2, 0) is 9.53 Å². The van der Waals surface area contributed by atoms with E-state index in [9.17, 15) is 9.18 Å². The van der Waals surface area contributed by atoms with Crippen molar-refractivity contribution < 1.29 is 13.9 Å². The lowest BCUT2D eigenvalue weighted by Gasteiger charge is -2.09. The van der Waals surface area contributed by atoms with Crippen molar-refractivity contribution in [3.05, 3.63) is 41.2 Å². The number of esters is 1. The molecule has 0 radical (unpaired) electrons. The average molecular weight is 231 g/mol. The number of nitriles is 1. The Balaban J connectivity index is 2.49. The van der Waals surface area contributed by atoms with Gasteiger partial charge in [0.15, 0.2) is 0 Å². The molecular weight excluding hydrogens is 221 g/mol. The largest absolute Gasteiger partial charge is 0.465 e. The molecule has 0 aromatic heterocycles. The van der Waals surface area contributed by atoms with Crippen molar-refractivity contribution >= 4 is 11.5 Å². The van der Waals surface area contributed by atoms with Crippen LogP contribution in [-0.4, -0.2) is 12.6 Å². The second-order valence-electron chi connectivity index (χ2n) is 3.63. The number of hydrogen-bond acceptors (Lipinski definition) is 3. The number of benzene rings is 1. The van der Waals surface area contributed by atoms with Gasteiger partial charge in [-0.3, -0.25) is 4.79 Å². The second-order valence-corrected chi connectivity index (χ2v) is 3.63. The molecule has 17 heavy (non-hydrogen) atoms. The third kappa shape index (κ3) is 1.80. The van der Waals surface area contributed by atoms with Crippen LogP contribution in [0.5, 0.6) is 0 Å². The topological polar surface area (TPSA) is 50.1 Å². The third-order valence-electron chi connectivity index (χ3n) is 2.64. The van der Waals surface area contributed by atoms with E-state index in [1.165, 1.54) is 18.2 Å². The number of halogens is 1. The van der Waals surface area contributed by atoms with E-state index in [2.05, 4.69) is 0 Å². The fraction of sp³-hybridized carbons (Fsp3) is 0.231. The van der Waals surface area contributed by atoms with E-state index in [0.29, 0.717) is 5.56 Å². The maximum Gasteiger partial charge on any atom is 0.317 e. The first-order valence-corrected chi connectivity index (χ1v) is 5.26. The van der Waals surface area contributed by atoms with E-state index in [1.54, 1.807) is 13.0 Å². The lowest BCUT2D eigenvalue weighted by atomic mass is 10.00. The summed E-state index contributed by atoms with van der Waals surface area (Å²) in [6, 6.07) is 6.34. The minimum atomic E-state index is -0.671. The molecule has 0 spiro atoms. The molecule has 0 amide bonds. The maximum atomic E-state index is 13.6. The number of ether oxygens (including phenoxy) is 1. The van der Waals surface area contributed by atoms with Gasteiger partial charge in [-0.2, -0.15) is 5.26 Å². The van der Waals surface area contributed by atoms with E-state index in [0.717, 1.165) is 0 Å². The highest BCUT2D eigenvalue weighted by atomic mass is 19.1. The number of fused-ring (bicyclic) bond motifs is 1. The van der Waals surface area contributed by atoms with Crippen LogP contribution in [0.3, 0.4) is 0 Å². The van der Waals surface area contributed by atoms with Crippen molar-refractivity contribution in [3.63, 3.8) is 0 Å². The molecule has 1 aliphatic rings. The second kappa shape index (κ2) is 4.38. The van der Waals surface area contributed by atoms with Gasteiger partial charge >= 0.3 is 5.97 Å². The molecule has 1 aromatic rings. The van der Waals surface area contributed by atoms with Gasteiger partial charge in [0.05, 0.1) is 18.2 Å². The van der Waals surface area contributed by atoms with Crippen LogP contribution in [0, 0.1) is 17.1 Å². The predicted octanol–water partition coefficient (Wildman–Crippen LogP) is 2.39. The van der Waals surface area contributed by atoms with E-state index in [1.807, 2.05) is 6.07 Å². The maximum absolute atomic E-state index is 13.6. The number of carbonyl (C=O) groups excluding carboxylic acids is 1. The molecule has 3 nitrogen and oxygen atoms in total. The number of hydrogen-bond donors (Lipinski definition) is 0. The number of nitrogens with zero attached hydrogens (tertiary/aromatic N) is 1. The van der Waals surface area contributed by atoms with Crippen molar-refractivity contribution in [2.75, 3.05) is 6.61 Å². The Morgan fingerprint density at radius 2 is 2.35 bits per heavy atom. The lowest BCUT2D eigenvalue weighted by molar-refractivity contribution is -0.143. The van der Waals surface area contributed by atoms with Crippen molar-refractivity contribution in [2.45, 2.75) is 12.8 Å². The van der Waals surface area contributed by atoms with Gasteiger partial charge in [0.1, 0.15) is 11.7 Å². The zero-order valence-electron chi connectivity index (χ0n) is 9.24. The summed E-state index contributed by atoms with van der Waals surface area (Å²) in [5, 5.41) is 8.93. The first kappa shape index (κ1) is 11.3. The molecule has 0 N–H and O–H groups in total. The molecule has 1 atom stereocenters. The Labute approximate surface area is 98.1 Å². The van der Waals surface area contributed by atoms with Crippen molar-refractivity contribution in [3.8, 4) is 6.07 Å². The SMILES string of the molecule is CCOC(=O)C1C=C(C#N)c2c(F)cccc21. The molecule has 1 aromatic carbocycles. The van der Waals surface area contributed by atoms with Gasteiger partial charge in [0.25, 0.3) is 0 Å². The van der Waals surface area contributed by atoms with Crippen molar-refractivity contribution in [2.24, 2.45) is 0 Å². The standard InChI is InChI=1S/C13H10FNO2/c1-2-17-13(16)10-6-8(7-15)12-9(10)4-3-5-11(12)14/h3-6,10H,2H2,1H3. The first-order valence-electron chi connectivity index (χ1n) is 5.26. The van der Waals surface area contributed by atoms with Crippen LogP contribution in [0.2, 0.25) is 0 Å². The number of allylic oxidation sites excluding steroid dienone is 1. The molecule has 4 heteroatoms. The molecule has 1 aliphatic carbocycles. The highest BCUT2D eigenvalue weighted by Crippen LogP contribution is 2.37. The molecule has 1 unspecified atom stereocenters. The van der Waals surface area contributed by atoms with Crippen LogP contribution in [0.1, 0.15) is 24.0 Å². The summed E-state index contributed by atoms with van der Waals surface area (Å²) in [5.74, 6) is -1.61. The first-order chi connectivity index (χ1) is 8.19. The summed E-state index contributed by atoms with van der Waals surface area (Å²) in [5.41, 5.74) is 0.907. The molecule has 86 valence electrons. The Hall–Kier alpha value is -2.15. The van der Waals surface area contributed by atoms with Gasteiger partial charge in [-0.25, -0.2) is 4.39 Å². The van der Waals surface area contributed by atoms with Crippen LogP contribution in [0.25, 0.3) is 5.57 Å². The molecule has 2 rings (SSSR count). The summed E-state index contributed by atoms with van der Waals surface area (Å²) < 4.78 is 18.5. The third-order valence-corrected chi connectivity index (χ3v) is 2.64. The highest BCUT2D eigenvalue weighted by Gasteiger charge is 2.31. The Morgan fingerprint density at radius 1 is 1.59 bits per heavy atom. The van der Waals surface area contributed by atoms with Crippen molar-refractivity contribution in [1.29, 1.82) is 5.26 Å². The van der Waals surface area contributed by atoms with Crippen molar-refractivity contribution in [1.82, 2.24) is 0 Å². The minimum absolute atomic E-state index is 0.191. The van der Waals surface area contributed by atoms with Gasteiger partial charge in [-0.15, -0.1) is 0 Å². The molecule has 0 saturated carbocycles. The highest BCUT2D eigenvalue weighted by molar-refractivity contribution is 5.93. The summed E-state index contributed by atoms with van der Waals surface area (Å²) in [6.45, 7) is 1.96. The zero-order chi connectivity index (χ0) is 12.4. The number of rotatable bonds is 2. The Bertz CT molecular complexity index is 543. The van der Waals surface area contributed by atoms with Crippen LogP contribution in [0.15, 0.2) is 24.3 Å². The summed E-state index contributed by atoms with van der Waals surface area (Å²) in [7, 11) is 0. The fourth-order valence-electron chi connectivity index (χ4n) is 1.94. The lowest BCUT2D eigenvalue weighted by Crippen LogP contribution is -2.12. The summed E-state index contributed by atoms with van der Waals surface area (Å²) in [4.78, 5) is 11.7. The van der Waals surface area contributed by atoms with Crippen LogP contribution in [0.4, 0.5) is 4.39 Å². The summed E-state index contributed by atoms with van der Waals surface area (Å²) in [6.07, 6.45) is 1.45. The van der Waals surface area contributed by atoms with Gasteiger partial charge in [0, 0.05) is 5.56 Å². The molecule has 0 aliphatic heterocycles. The molecule has 0 bridgehead atoms. The quantitative estimate of drug-likeness (QED) is 0.734. The molecular formula is C13H10FNO2. The van der Waals surface area contributed by atoms with Crippen LogP contribution < -0.4 is 0 Å². The van der Waals surface area contributed by atoms with Gasteiger partial charge < -0.3 is 4.74 Å².